The van der Waals surface area contributed by atoms with Crippen molar-refractivity contribution in [3.63, 3.8) is 0 Å². The van der Waals surface area contributed by atoms with E-state index in [1.54, 1.807) is 53.9 Å². The van der Waals surface area contributed by atoms with E-state index in [-0.39, 0.29) is 6.61 Å². The van der Waals surface area contributed by atoms with Crippen molar-refractivity contribution in [1.82, 2.24) is 4.98 Å². The smallest absolute Gasteiger partial charge is 0.338 e. The average Bonchev–Trinajstić information content (AvgIpc) is 3.20. The molecule has 0 saturated carbocycles. The van der Waals surface area contributed by atoms with Crippen molar-refractivity contribution in [2.75, 3.05) is 6.61 Å². The van der Waals surface area contributed by atoms with Gasteiger partial charge in [-0.25, -0.2) is 14.6 Å². The predicted octanol–water partition coefficient (Wildman–Crippen LogP) is 3.70. The minimum atomic E-state index is -0.789. The van der Waals surface area contributed by atoms with E-state index in [1.807, 2.05) is 12.1 Å². The van der Waals surface area contributed by atoms with Gasteiger partial charge in [0.05, 0.1) is 16.8 Å². The first-order chi connectivity index (χ1) is 12.2. The number of carbonyl (C=O) groups excluding carboxylic acids is 2. The van der Waals surface area contributed by atoms with Crippen LogP contribution in [0.5, 0.6) is 0 Å². The molecular weight excluding hydrogens is 338 g/mol. The quantitative estimate of drug-likeness (QED) is 0.633. The van der Waals surface area contributed by atoms with Crippen LogP contribution in [0.1, 0.15) is 32.5 Å². The Morgan fingerprint density at radius 1 is 0.960 bits per heavy atom. The molecule has 25 heavy (non-hydrogen) atoms. The van der Waals surface area contributed by atoms with E-state index in [2.05, 4.69) is 10.5 Å². The van der Waals surface area contributed by atoms with Gasteiger partial charge in [-0.3, -0.25) is 0 Å². The van der Waals surface area contributed by atoms with Gasteiger partial charge in [0, 0.05) is 5.38 Å². The summed E-state index contributed by atoms with van der Waals surface area (Å²) in [5.41, 5.74) is 4.05. The highest BCUT2D eigenvalue weighted by molar-refractivity contribution is 7.07. The van der Waals surface area contributed by atoms with Crippen LogP contribution in [0, 0.1) is 5.51 Å². The van der Waals surface area contributed by atoms with Gasteiger partial charge in [0.1, 0.15) is 6.61 Å². The Morgan fingerprint density at radius 3 is 2.12 bits per heavy atom. The van der Waals surface area contributed by atoms with Gasteiger partial charge in [-0.1, -0.05) is 36.4 Å². The van der Waals surface area contributed by atoms with Crippen molar-refractivity contribution < 1.29 is 19.1 Å². The third-order valence-electron chi connectivity index (χ3n) is 3.37. The average molecular weight is 352 g/mol. The lowest BCUT2D eigenvalue weighted by molar-refractivity contribution is -0.00233. The molecule has 1 aromatic heterocycles. The maximum absolute atomic E-state index is 12.3. The molecule has 0 fully saturated rings. The van der Waals surface area contributed by atoms with Crippen LogP contribution in [0.15, 0.2) is 66.0 Å². The summed E-state index contributed by atoms with van der Waals surface area (Å²) in [5, 5.41) is 1.71. The molecule has 0 saturated heterocycles. The molecule has 125 valence electrons. The van der Waals surface area contributed by atoms with Crippen LogP contribution < -0.4 is 0 Å². The van der Waals surface area contributed by atoms with Crippen molar-refractivity contribution in [3.8, 4) is 0 Å². The van der Waals surface area contributed by atoms with Crippen LogP contribution in [0.2, 0.25) is 0 Å². The molecule has 3 aromatic rings. The Morgan fingerprint density at radius 2 is 1.56 bits per heavy atom. The fourth-order valence-electron chi connectivity index (χ4n) is 2.10. The van der Waals surface area contributed by atoms with E-state index in [1.165, 1.54) is 11.3 Å². The summed E-state index contributed by atoms with van der Waals surface area (Å²) in [6, 6.07) is 17.2. The van der Waals surface area contributed by atoms with E-state index >= 15 is 0 Å². The molecule has 0 amide bonds. The monoisotopic (exact) mass is 352 g/mol. The van der Waals surface area contributed by atoms with Crippen LogP contribution in [0.3, 0.4) is 0 Å². The van der Waals surface area contributed by atoms with Crippen LogP contribution >= 0.6 is 11.3 Å². The Hall–Kier alpha value is -2.99. The van der Waals surface area contributed by atoms with Crippen molar-refractivity contribution in [3.05, 3.63) is 88.4 Å². The fraction of sp³-hybridized carbons (Fsp3) is 0.105. The number of hydrogen-bond donors (Lipinski definition) is 0. The summed E-state index contributed by atoms with van der Waals surface area (Å²) >= 11 is 1.25. The standard InChI is InChI=1S/C19H14NO4S/c21-18(14-7-3-1-4-8-14)23-11-17(16-12-25-13-20-16)24-19(22)15-9-5-2-6-10-15/h1-10,12,17H,11H2. The normalized spacial score (nSPS) is 11.5. The van der Waals surface area contributed by atoms with Gasteiger partial charge < -0.3 is 9.47 Å². The molecule has 0 aliphatic heterocycles. The van der Waals surface area contributed by atoms with Crippen LogP contribution in [-0.2, 0) is 9.47 Å². The maximum Gasteiger partial charge on any atom is 0.338 e. The molecule has 5 nitrogen and oxygen atoms in total. The third kappa shape index (κ3) is 4.51. The molecule has 1 unspecified atom stereocenters. The van der Waals surface area contributed by atoms with Crippen LogP contribution in [0.25, 0.3) is 0 Å². The van der Waals surface area contributed by atoms with E-state index in [4.69, 9.17) is 9.47 Å². The Bertz CT molecular complexity index is 819. The third-order valence-corrected chi connectivity index (χ3v) is 3.93. The van der Waals surface area contributed by atoms with E-state index < -0.39 is 18.0 Å². The summed E-state index contributed by atoms with van der Waals surface area (Å²) in [4.78, 5) is 28.4. The first-order valence-corrected chi connectivity index (χ1v) is 8.41. The highest BCUT2D eigenvalue weighted by atomic mass is 32.1. The second-order valence-electron chi connectivity index (χ2n) is 5.09. The van der Waals surface area contributed by atoms with E-state index in [0.717, 1.165) is 0 Å². The summed E-state index contributed by atoms with van der Waals surface area (Å²) in [6.07, 6.45) is -0.789. The fourth-order valence-corrected chi connectivity index (χ4v) is 2.64. The van der Waals surface area contributed by atoms with Crippen LogP contribution in [0.4, 0.5) is 0 Å². The van der Waals surface area contributed by atoms with Gasteiger partial charge in [0.25, 0.3) is 0 Å². The number of rotatable bonds is 6. The zero-order valence-electron chi connectivity index (χ0n) is 13.1. The van der Waals surface area contributed by atoms with Crippen molar-refractivity contribution in [2.45, 2.75) is 6.10 Å². The first-order valence-electron chi connectivity index (χ1n) is 7.53. The molecule has 1 heterocycles. The Labute approximate surface area is 148 Å². The molecule has 0 N–H and O–H groups in total. The lowest BCUT2D eigenvalue weighted by Crippen LogP contribution is -2.19. The second-order valence-corrected chi connectivity index (χ2v) is 5.74. The lowest BCUT2D eigenvalue weighted by Gasteiger charge is -2.16. The summed E-state index contributed by atoms with van der Waals surface area (Å²) in [6.45, 7) is -0.121. The largest absolute Gasteiger partial charge is 0.458 e. The van der Waals surface area contributed by atoms with Gasteiger partial charge in [-0.05, 0) is 24.3 Å². The topological polar surface area (TPSA) is 65.5 Å². The molecule has 1 atom stereocenters. The van der Waals surface area contributed by atoms with Gasteiger partial charge in [0.15, 0.2) is 11.6 Å². The number of benzene rings is 2. The summed E-state index contributed by atoms with van der Waals surface area (Å²) in [5.74, 6) is -0.991. The highest BCUT2D eigenvalue weighted by Gasteiger charge is 2.22. The first kappa shape index (κ1) is 16.9. The molecule has 2 aromatic carbocycles. The minimum Gasteiger partial charge on any atom is -0.458 e. The zero-order valence-corrected chi connectivity index (χ0v) is 13.9. The molecule has 0 bridgehead atoms. The molecule has 0 spiro atoms. The number of carbonyl (C=O) groups is 2. The summed E-state index contributed by atoms with van der Waals surface area (Å²) < 4.78 is 10.8. The maximum atomic E-state index is 12.3. The van der Waals surface area contributed by atoms with Gasteiger partial charge in [-0.2, -0.15) is 0 Å². The number of ether oxygens (including phenoxy) is 2. The summed E-state index contributed by atoms with van der Waals surface area (Å²) in [7, 11) is 0. The molecule has 0 aliphatic carbocycles. The van der Waals surface area contributed by atoms with Crippen molar-refractivity contribution in [2.24, 2.45) is 0 Å². The van der Waals surface area contributed by atoms with Gasteiger partial charge in [-0.15, -0.1) is 11.3 Å². The Kier molecular flexibility index (Phi) is 5.53. The number of aromatic nitrogens is 1. The number of thiazole rings is 1. The molecule has 6 heteroatoms. The molecule has 0 aliphatic rings. The number of hydrogen-bond acceptors (Lipinski definition) is 6. The van der Waals surface area contributed by atoms with Crippen LogP contribution in [-0.4, -0.2) is 23.5 Å². The van der Waals surface area contributed by atoms with Gasteiger partial charge >= 0.3 is 11.9 Å². The molecule has 3 rings (SSSR count). The predicted molar refractivity (Wildman–Crippen MR) is 92.3 cm³/mol. The molecule has 1 radical (unpaired) electrons. The van der Waals surface area contributed by atoms with E-state index in [0.29, 0.717) is 16.8 Å². The SMILES string of the molecule is O=C(OCC(OC(=O)c1ccccc1)c1cs[c]n1)c1ccccc1. The van der Waals surface area contributed by atoms with Gasteiger partial charge in [0.2, 0.25) is 0 Å². The van der Waals surface area contributed by atoms with Crippen molar-refractivity contribution >= 4 is 23.3 Å². The van der Waals surface area contributed by atoms with E-state index in [9.17, 15) is 9.59 Å². The zero-order chi connectivity index (χ0) is 17.5. The number of esters is 2. The Balaban J connectivity index is 1.68. The lowest BCUT2D eigenvalue weighted by atomic mass is 10.2. The second kappa shape index (κ2) is 8.21. The molecular formula is C19H14NO4S. The highest BCUT2D eigenvalue weighted by Crippen LogP contribution is 2.20. The van der Waals surface area contributed by atoms with Crippen molar-refractivity contribution in [1.29, 1.82) is 0 Å². The minimum absolute atomic E-state index is 0.121. The number of nitrogens with zero attached hydrogens (tertiary/aromatic N) is 1.